The van der Waals surface area contributed by atoms with E-state index in [9.17, 15) is 4.79 Å². The molecule has 1 aliphatic rings. The Morgan fingerprint density at radius 3 is 2.75 bits per heavy atom. The van der Waals surface area contributed by atoms with Gasteiger partial charge in [-0.2, -0.15) is 4.98 Å². The summed E-state index contributed by atoms with van der Waals surface area (Å²) in [6.45, 7) is 1.24. The SMILES string of the molecule is CN(C)c1cncc(OC2CCN(C(=O)c3ccc(Br)cc3)C2)n1. The number of carbonyl (C=O) groups excluding carboxylic acids is 1. The van der Waals surface area contributed by atoms with Gasteiger partial charge < -0.3 is 14.5 Å². The van der Waals surface area contributed by atoms with Crippen LogP contribution in [0.5, 0.6) is 5.88 Å². The Kier molecular flexibility index (Phi) is 4.99. The van der Waals surface area contributed by atoms with Crippen LogP contribution in [-0.2, 0) is 0 Å². The summed E-state index contributed by atoms with van der Waals surface area (Å²) in [5.74, 6) is 1.26. The highest BCUT2D eigenvalue weighted by atomic mass is 79.9. The van der Waals surface area contributed by atoms with Crippen molar-refractivity contribution in [2.75, 3.05) is 32.1 Å². The minimum absolute atomic E-state index is 0.0294. The second-order valence-corrected chi connectivity index (χ2v) is 6.81. The van der Waals surface area contributed by atoms with Crippen molar-refractivity contribution in [2.24, 2.45) is 0 Å². The van der Waals surface area contributed by atoms with E-state index in [0.29, 0.717) is 24.5 Å². The first kappa shape index (κ1) is 16.7. The molecule has 1 unspecified atom stereocenters. The lowest BCUT2D eigenvalue weighted by Crippen LogP contribution is -2.31. The molecule has 1 aromatic heterocycles. The monoisotopic (exact) mass is 390 g/mol. The van der Waals surface area contributed by atoms with E-state index in [0.717, 1.165) is 16.7 Å². The average molecular weight is 391 g/mol. The van der Waals surface area contributed by atoms with Gasteiger partial charge in [-0.25, -0.2) is 0 Å². The predicted molar refractivity (Wildman–Crippen MR) is 95.4 cm³/mol. The van der Waals surface area contributed by atoms with Crippen molar-refractivity contribution in [1.29, 1.82) is 0 Å². The van der Waals surface area contributed by atoms with E-state index in [1.54, 1.807) is 12.4 Å². The van der Waals surface area contributed by atoms with E-state index in [1.165, 1.54) is 0 Å². The van der Waals surface area contributed by atoms with Crippen molar-refractivity contribution < 1.29 is 9.53 Å². The molecule has 1 amide bonds. The summed E-state index contributed by atoms with van der Waals surface area (Å²) >= 11 is 3.38. The van der Waals surface area contributed by atoms with Crippen LogP contribution in [0.25, 0.3) is 0 Å². The first-order chi connectivity index (χ1) is 11.5. The molecule has 0 bridgehead atoms. The van der Waals surface area contributed by atoms with Crippen molar-refractivity contribution in [1.82, 2.24) is 14.9 Å². The third-order valence-electron chi connectivity index (χ3n) is 3.87. The molecule has 0 aliphatic carbocycles. The zero-order valence-electron chi connectivity index (χ0n) is 13.6. The van der Waals surface area contributed by atoms with Crippen molar-refractivity contribution in [2.45, 2.75) is 12.5 Å². The Morgan fingerprint density at radius 2 is 2.04 bits per heavy atom. The normalized spacial score (nSPS) is 17.0. The van der Waals surface area contributed by atoms with Crippen LogP contribution in [-0.4, -0.2) is 54.1 Å². The molecule has 0 saturated carbocycles. The van der Waals surface area contributed by atoms with Crippen LogP contribution in [0, 0.1) is 0 Å². The Bertz CT molecular complexity index is 721. The number of hydrogen-bond donors (Lipinski definition) is 0. The highest BCUT2D eigenvalue weighted by Crippen LogP contribution is 2.20. The second-order valence-electron chi connectivity index (χ2n) is 5.90. The fourth-order valence-electron chi connectivity index (χ4n) is 2.57. The summed E-state index contributed by atoms with van der Waals surface area (Å²) < 4.78 is 6.86. The maximum Gasteiger partial charge on any atom is 0.253 e. The Balaban J connectivity index is 1.62. The number of ether oxygens (including phenoxy) is 1. The number of carbonyl (C=O) groups is 1. The van der Waals surface area contributed by atoms with Gasteiger partial charge in [-0.1, -0.05) is 15.9 Å². The van der Waals surface area contributed by atoms with Gasteiger partial charge in [0.05, 0.1) is 18.9 Å². The van der Waals surface area contributed by atoms with E-state index in [-0.39, 0.29) is 12.0 Å². The van der Waals surface area contributed by atoms with Gasteiger partial charge in [0.1, 0.15) is 6.10 Å². The Labute approximate surface area is 149 Å². The van der Waals surface area contributed by atoms with Gasteiger partial charge in [0.25, 0.3) is 5.91 Å². The molecular formula is C17H19BrN4O2. The molecule has 1 fully saturated rings. The maximum atomic E-state index is 12.5. The molecule has 3 rings (SSSR count). The lowest BCUT2D eigenvalue weighted by Gasteiger charge is -2.17. The maximum absolute atomic E-state index is 12.5. The highest BCUT2D eigenvalue weighted by Gasteiger charge is 2.28. The third kappa shape index (κ3) is 3.84. The quantitative estimate of drug-likeness (QED) is 0.802. The molecule has 2 aromatic rings. The molecule has 0 spiro atoms. The van der Waals surface area contributed by atoms with Gasteiger partial charge in [-0.15, -0.1) is 0 Å². The van der Waals surface area contributed by atoms with Crippen LogP contribution in [0.1, 0.15) is 16.8 Å². The smallest absolute Gasteiger partial charge is 0.253 e. The second kappa shape index (κ2) is 7.17. The molecule has 2 heterocycles. The lowest BCUT2D eigenvalue weighted by atomic mass is 10.2. The molecule has 1 atom stereocenters. The van der Waals surface area contributed by atoms with Crippen LogP contribution in [0.2, 0.25) is 0 Å². The Morgan fingerprint density at radius 1 is 1.29 bits per heavy atom. The van der Waals surface area contributed by atoms with E-state index in [1.807, 2.05) is 48.2 Å². The molecule has 24 heavy (non-hydrogen) atoms. The van der Waals surface area contributed by atoms with E-state index in [2.05, 4.69) is 25.9 Å². The number of amides is 1. The summed E-state index contributed by atoms with van der Waals surface area (Å²) in [4.78, 5) is 24.8. The molecule has 6 nitrogen and oxygen atoms in total. The van der Waals surface area contributed by atoms with E-state index < -0.39 is 0 Å². The van der Waals surface area contributed by atoms with Gasteiger partial charge in [0.15, 0.2) is 5.82 Å². The number of benzene rings is 1. The van der Waals surface area contributed by atoms with Crippen LogP contribution < -0.4 is 9.64 Å². The fraction of sp³-hybridized carbons (Fsp3) is 0.353. The summed E-state index contributed by atoms with van der Waals surface area (Å²) in [6, 6.07) is 7.40. The molecule has 7 heteroatoms. The van der Waals surface area contributed by atoms with E-state index in [4.69, 9.17) is 4.74 Å². The third-order valence-corrected chi connectivity index (χ3v) is 4.40. The van der Waals surface area contributed by atoms with Crippen LogP contribution >= 0.6 is 15.9 Å². The van der Waals surface area contributed by atoms with Crippen molar-refractivity contribution in [3.8, 4) is 5.88 Å². The number of halogens is 1. The van der Waals surface area contributed by atoms with Gasteiger partial charge in [-0.05, 0) is 24.3 Å². The fourth-order valence-corrected chi connectivity index (χ4v) is 2.83. The molecule has 1 saturated heterocycles. The predicted octanol–water partition coefficient (Wildman–Crippen LogP) is 2.60. The molecule has 0 N–H and O–H groups in total. The van der Waals surface area contributed by atoms with Crippen molar-refractivity contribution >= 4 is 27.7 Å². The zero-order valence-corrected chi connectivity index (χ0v) is 15.2. The van der Waals surface area contributed by atoms with Gasteiger partial charge in [0, 0.05) is 37.1 Å². The van der Waals surface area contributed by atoms with Crippen molar-refractivity contribution in [3.05, 3.63) is 46.7 Å². The summed E-state index contributed by atoms with van der Waals surface area (Å²) in [6.07, 6.45) is 4.02. The summed E-state index contributed by atoms with van der Waals surface area (Å²) in [5.41, 5.74) is 0.688. The molecule has 1 aromatic carbocycles. The average Bonchev–Trinajstić information content (AvgIpc) is 3.03. The van der Waals surface area contributed by atoms with Gasteiger partial charge >= 0.3 is 0 Å². The number of anilines is 1. The summed E-state index contributed by atoms with van der Waals surface area (Å²) in [5, 5.41) is 0. The molecule has 0 radical (unpaired) electrons. The number of nitrogens with zero attached hydrogens (tertiary/aromatic N) is 4. The van der Waals surface area contributed by atoms with Crippen LogP contribution in [0.3, 0.4) is 0 Å². The number of rotatable bonds is 4. The Hall–Kier alpha value is -2.15. The minimum Gasteiger partial charge on any atom is -0.471 e. The first-order valence-electron chi connectivity index (χ1n) is 7.74. The topological polar surface area (TPSA) is 58.6 Å². The first-order valence-corrected chi connectivity index (χ1v) is 8.53. The molecule has 1 aliphatic heterocycles. The minimum atomic E-state index is -0.0592. The van der Waals surface area contributed by atoms with Crippen LogP contribution in [0.4, 0.5) is 5.82 Å². The zero-order chi connectivity index (χ0) is 17.1. The number of aromatic nitrogens is 2. The summed E-state index contributed by atoms with van der Waals surface area (Å²) in [7, 11) is 3.81. The largest absolute Gasteiger partial charge is 0.471 e. The van der Waals surface area contributed by atoms with Crippen LogP contribution in [0.15, 0.2) is 41.1 Å². The molecule has 126 valence electrons. The van der Waals surface area contributed by atoms with Gasteiger partial charge in [0.2, 0.25) is 5.88 Å². The lowest BCUT2D eigenvalue weighted by molar-refractivity contribution is 0.0771. The van der Waals surface area contributed by atoms with Crippen molar-refractivity contribution in [3.63, 3.8) is 0 Å². The van der Waals surface area contributed by atoms with Gasteiger partial charge in [-0.3, -0.25) is 9.78 Å². The highest BCUT2D eigenvalue weighted by molar-refractivity contribution is 9.10. The standard InChI is InChI=1S/C17H19BrN4O2/c1-21(2)15-9-19-10-16(20-15)24-14-7-8-22(11-14)17(23)12-3-5-13(18)6-4-12/h3-6,9-10,14H,7-8,11H2,1-2H3. The van der Waals surface area contributed by atoms with E-state index >= 15 is 0 Å². The number of likely N-dealkylation sites (tertiary alicyclic amines) is 1. The number of hydrogen-bond acceptors (Lipinski definition) is 5. The molecular weight excluding hydrogens is 372 g/mol.